The third-order valence-corrected chi connectivity index (χ3v) is 3.12. The molecule has 1 N–H and O–H groups in total. The Morgan fingerprint density at radius 3 is 2.05 bits per heavy atom. The smallest absolute Gasteiger partial charge is 0.164 e. The Morgan fingerprint density at radius 2 is 1.50 bits per heavy atom. The Balaban J connectivity index is 2.55. The van der Waals surface area contributed by atoms with E-state index in [4.69, 9.17) is 0 Å². The highest BCUT2D eigenvalue weighted by atomic mass is 19.2. The van der Waals surface area contributed by atoms with E-state index >= 15 is 0 Å². The van der Waals surface area contributed by atoms with Gasteiger partial charge >= 0.3 is 0 Å². The van der Waals surface area contributed by atoms with Gasteiger partial charge in [0.2, 0.25) is 0 Å². The van der Waals surface area contributed by atoms with Crippen molar-refractivity contribution in [2.75, 3.05) is 7.05 Å². The molecule has 20 heavy (non-hydrogen) atoms. The van der Waals surface area contributed by atoms with Crippen molar-refractivity contribution in [1.82, 2.24) is 5.32 Å². The molecule has 2 aromatic rings. The molecule has 0 saturated heterocycles. The first-order chi connectivity index (χ1) is 9.43. The van der Waals surface area contributed by atoms with Gasteiger partial charge in [-0.25, -0.2) is 17.6 Å². The average molecular weight is 283 g/mol. The predicted octanol–water partition coefficient (Wildman–Crippen LogP) is 3.86. The molecule has 0 aromatic heterocycles. The number of benzene rings is 2. The highest BCUT2D eigenvalue weighted by molar-refractivity contribution is 5.35. The Labute approximate surface area is 114 Å². The molecule has 0 amide bonds. The van der Waals surface area contributed by atoms with E-state index in [1.54, 1.807) is 0 Å². The first-order valence-corrected chi connectivity index (χ1v) is 6.01. The topological polar surface area (TPSA) is 12.0 Å². The fraction of sp³-hybridized carbons (Fsp3) is 0.200. The van der Waals surface area contributed by atoms with Gasteiger partial charge in [0.05, 0.1) is 6.04 Å². The maximum Gasteiger partial charge on any atom is 0.164 e. The summed E-state index contributed by atoms with van der Waals surface area (Å²) >= 11 is 0. The number of hydrogen-bond acceptors (Lipinski definition) is 1. The molecule has 0 bridgehead atoms. The summed E-state index contributed by atoms with van der Waals surface area (Å²) in [4.78, 5) is 0. The van der Waals surface area contributed by atoms with Crippen molar-refractivity contribution in [3.05, 3.63) is 70.3 Å². The van der Waals surface area contributed by atoms with Crippen LogP contribution in [0.4, 0.5) is 17.6 Å². The van der Waals surface area contributed by atoms with Gasteiger partial charge in [-0.15, -0.1) is 0 Å². The van der Waals surface area contributed by atoms with Crippen LogP contribution in [0.15, 0.2) is 30.3 Å². The Bertz CT molecular complexity index is 620. The zero-order valence-corrected chi connectivity index (χ0v) is 11.0. The van der Waals surface area contributed by atoms with Gasteiger partial charge in [0, 0.05) is 11.6 Å². The van der Waals surface area contributed by atoms with Gasteiger partial charge in [-0.1, -0.05) is 12.1 Å². The molecule has 0 fully saturated rings. The molecule has 1 atom stereocenters. The predicted molar refractivity (Wildman–Crippen MR) is 68.4 cm³/mol. The lowest BCUT2D eigenvalue weighted by Gasteiger charge is -2.19. The fourth-order valence-electron chi connectivity index (χ4n) is 2.13. The summed E-state index contributed by atoms with van der Waals surface area (Å²) in [7, 11) is 1.50. The van der Waals surface area contributed by atoms with E-state index in [9.17, 15) is 17.6 Å². The molecule has 0 saturated carbocycles. The second-order valence-electron chi connectivity index (χ2n) is 4.52. The van der Waals surface area contributed by atoms with Crippen molar-refractivity contribution in [2.24, 2.45) is 0 Å². The maximum atomic E-state index is 14.0. The number of rotatable bonds is 3. The minimum absolute atomic E-state index is 0.000556. The molecule has 2 aromatic carbocycles. The molecule has 0 aliphatic carbocycles. The van der Waals surface area contributed by atoms with Crippen LogP contribution in [0.1, 0.15) is 22.7 Å². The van der Waals surface area contributed by atoms with Crippen LogP contribution in [0.25, 0.3) is 0 Å². The summed E-state index contributed by atoms with van der Waals surface area (Å²) in [6, 6.07) is 4.88. The first kappa shape index (κ1) is 14.5. The third-order valence-electron chi connectivity index (χ3n) is 3.12. The van der Waals surface area contributed by atoms with Crippen LogP contribution in [0.2, 0.25) is 0 Å². The molecule has 0 aliphatic rings. The molecule has 5 heteroatoms. The van der Waals surface area contributed by atoms with Crippen molar-refractivity contribution < 1.29 is 17.6 Å². The zero-order chi connectivity index (χ0) is 14.9. The van der Waals surface area contributed by atoms with Crippen LogP contribution in [-0.2, 0) is 0 Å². The van der Waals surface area contributed by atoms with Gasteiger partial charge in [0.15, 0.2) is 11.6 Å². The van der Waals surface area contributed by atoms with Crippen LogP contribution < -0.4 is 5.32 Å². The van der Waals surface area contributed by atoms with Crippen LogP contribution in [0.3, 0.4) is 0 Å². The Morgan fingerprint density at radius 1 is 0.900 bits per heavy atom. The highest BCUT2D eigenvalue weighted by Gasteiger charge is 2.21. The van der Waals surface area contributed by atoms with Crippen LogP contribution >= 0.6 is 0 Å². The van der Waals surface area contributed by atoms with E-state index in [2.05, 4.69) is 5.32 Å². The van der Waals surface area contributed by atoms with Gasteiger partial charge < -0.3 is 5.32 Å². The molecule has 0 heterocycles. The van der Waals surface area contributed by atoms with Crippen molar-refractivity contribution in [3.63, 3.8) is 0 Å². The molecule has 0 radical (unpaired) electrons. The average Bonchev–Trinajstić information content (AvgIpc) is 2.38. The summed E-state index contributed by atoms with van der Waals surface area (Å²) < 4.78 is 54.1. The lowest BCUT2D eigenvalue weighted by molar-refractivity contribution is 0.481. The van der Waals surface area contributed by atoms with Gasteiger partial charge in [0.1, 0.15) is 11.6 Å². The molecular formula is C15H13F4N. The number of nitrogens with one attached hydrogen (secondary N) is 1. The van der Waals surface area contributed by atoms with Gasteiger partial charge in [-0.2, -0.15) is 0 Å². The van der Waals surface area contributed by atoms with E-state index in [-0.39, 0.29) is 16.7 Å². The van der Waals surface area contributed by atoms with E-state index < -0.39 is 29.3 Å². The van der Waals surface area contributed by atoms with E-state index in [1.807, 2.05) is 0 Å². The Hall–Kier alpha value is -1.88. The second kappa shape index (κ2) is 5.63. The molecule has 1 unspecified atom stereocenters. The van der Waals surface area contributed by atoms with E-state index in [1.165, 1.54) is 26.1 Å². The number of hydrogen-bond donors (Lipinski definition) is 1. The summed E-state index contributed by atoms with van der Waals surface area (Å²) in [5.41, 5.74) is 0.360. The van der Waals surface area contributed by atoms with Crippen LogP contribution in [0.5, 0.6) is 0 Å². The standard InChI is InChI=1S/C15H13F4N/c1-8-3-4-12(14(19)13(8)18)15(20-2)9-5-10(16)7-11(17)6-9/h3-7,15,20H,1-2H3. The van der Waals surface area contributed by atoms with Gasteiger partial charge in [0.25, 0.3) is 0 Å². The van der Waals surface area contributed by atoms with Crippen molar-refractivity contribution in [3.8, 4) is 0 Å². The molecule has 106 valence electrons. The largest absolute Gasteiger partial charge is 0.309 e. The summed E-state index contributed by atoms with van der Waals surface area (Å²) in [6.45, 7) is 1.44. The molecule has 0 spiro atoms. The van der Waals surface area contributed by atoms with E-state index in [0.717, 1.165) is 18.2 Å². The lowest BCUT2D eigenvalue weighted by Crippen LogP contribution is -2.20. The number of aryl methyl sites for hydroxylation is 1. The normalized spacial score (nSPS) is 12.5. The monoisotopic (exact) mass is 283 g/mol. The summed E-state index contributed by atoms with van der Waals surface area (Å²) in [5, 5.41) is 2.74. The van der Waals surface area contributed by atoms with Crippen molar-refractivity contribution >= 4 is 0 Å². The van der Waals surface area contributed by atoms with E-state index in [0.29, 0.717) is 0 Å². The Kier molecular flexibility index (Phi) is 4.09. The van der Waals surface area contributed by atoms with Crippen molar-refractivity contribution in [2.45, 2.75) is 13.0 Å². The molecule has 0 aliphatic heterocycles. The van der Waals surface area contributed by atoms with Crippen molar-refractivity contribution in [1.29, 1.82) is 0 Å². The van der Waals surface area contributed by atoms with Crippen LogP contribution in [0, 0.1) is 30.2 Å². The van der Waals surface area contributed by atoms with Crippen LogP contribution in [-0.4, -0.2) is 7.05 Å². The molecular weight excluding hydrogens is 270 g/mol. The number of halogens is 4. The van der Waals surface area contributed by atoms with Gasteiger partial charge in [-0.3, -0.25) is 0 Å². The minimum atomic E-state index is -1.02. The lowest BCUT2D eigenvalue weighted by atomic mass is 9.97. The highest BCUT2D eigenvalue weighted by Crippen LogP contribution is 2.27. The second-order valence-corrected chi connectivity index (χ2v) is 4.52. The SMILES string of the molecule is CNC(c1cc(F)cc(F)c1)c1ccc(C)c(F)c1F. The summed E-state index contributed by atoms with van der Waals surface area (Å²) in [5.74, 6) is -3.52. The summed E-state index contributed by atoms with van der Waals surface area (Å²) in [6.07, 6.45) is 0. The molecule has 2 rings (SSSR count). The fourth-order valence-corrected chi connectivity index (χ4v) is 2.13. The molecule has 1 nitrogen and oxygen atoms in total. The zero-order valence-electron chi connectivity index (χ0n) is 11.0. The first-order valence-electron chi connectivity index (χ1n) is 6.01. The third kappa shape index (κ3) is 2.67. The van der Waals surface area contributed by atoms with Gasteiger partial charge in [-0.05, 0) is 37.2 Å². The minimum Gasteiger partial charge on any atom is -0.309 e. The maximum absolute atomic E-state index is 14.0. The quantitative estimate of drug-likeness (QED) is 0.843.